The van der Waals surface area contributed by atoms with Crippen molar-refractivity contribution in [1.29, 1.82) is 0 Å². The Morgan fingerprint density at radius 1 is 1.18 bits per heavy atom. The van der Waals surface area contributed by atoms with Gasteiger partial charge in [0.05, 0.1) is 25.0 Å². The molecule has 0 bridgehead atoms. The summed E-state index contributed by atoms with van der Waals surface area (Å²) in [5, 5.41) is 4.41. The van der Waals surface area contributed by atoms with E-state index in [0.29, 0.717) is 19.4 Å². The van der Waals surface area contributed by atoms with Crippen molar-refractivity contribution in [2.24, 2.45) is 0 Å². The third kappa shape index (κ3) is 4.60. The summed E-state index contributed by atoms with van der Waals surface area (Å²) in [6.45, 7) is 4.74. The first kappa shape index (κ1) is 19.7. The molecule has 1 heterocycles. The average Bonchev–Trinajstić information content (AvgIpc) is 3.22. The number of rotatable bonds is 8. The fourth-order valence-electron chi connectivity index (χ4n) is 3.35. The van der Waals surface area contributed by atoms with Crippen LogP contribution in [0, 0.1) is 0 Å². The monoisotopic (exact) mass is 377 g/mol. The van der Waals surface area contributed by atoms with Gasteiger partial charge in [-0.1, -0.05) is 30.3 Å². The van der Waals surface area contributed by atoms with Crippen LogP contribution in [0.25, 0.3) is 5.69 Å². The highest BCUT2D eigenvalue weighted by Crippen LogP contribution is 2.24. The molecule has 28 heavy (non-hydrogen) atoms. The number of benzene rings is 2. The van der Waals surface area contributed by atoms with E-state index in [-0.39, 0.29) is 11.9 Å². The van der Waals surface area contributed by atoms with E-state index >= 15 is 0 Å². The van der Waals surface area contributed by atoms with Gasteiger partial charge in [-0.15, -0.1) is 0 Å². The molecule has 1 aromatic heterocycles. The van der Waals surface area contributed by atoms with Crippen LogP contribution in [0.15, 0.2) is 67.0 Å². The van der Waals surface area contributed by atoms with E-state index in [9.17, 15) is 4.79 Å². The summed E-state index contributed by atoms with van der Waals surface area (Å²) in [4.78, 5) is 14.8. The highest BCUT2D eigenvalue weighted by Gasteiger charge is 2.20. The molecule has 0 radical (unpaired) electrons. The standard InChI is InChI=1S/C23H27N3O2/c1-4-25(18(2)20-9-8-12-22(15-20)28-3)23(27)14-13-19-16-24-26(17-19)21-10-6-5-7-11-21/h5-12,15-18H,4,13-14H2,1-3H3. The molecule has 0 aliphatic carbocycles. The smallest absolute Gasteiger partial charge is 0.223 e. The van der Waals surface area contributed by atoms with Gasteiger partial charge in [-0.05, 0) is 55.7 Å². The van der Waals surface area contributed by atoms with E-state index in [2.05, 4.69) is 12.0 Å². The number of aryl methyl sites for hydroxylation is 1. The summed E-state index contributed by atoms with van der Waals surface area (Å²) < 4.78 is 7.15. The summed E-state index contributed by atoms with van der Waals surface area (Å²) in [6, 6.07) is 17.9. The molecule has 0 fully saturated rings. The number of amides is 1. The fraction of sp³-hybridized carbons (Fsp3) is 0.304. The number of methoxy groups -OCH3 is 1. The van der Waals surface area contributed by atoms with Gasteiger partial charge in [-0.2, -0.15) is 5.10 Å². The second-order valence-corrected chi connectivity index (χ2v) is 6.76. The molecule has 0 aliphatic rings. The number of carbonyl (C=O) groups is 1. The van der Waals surface area contributed by atoms with E-state index < -0.39 is 0 Å². The Morgan fingerprint density at radius 3 is 2.68 bits per heavy atom. The minimum Gasteiger partial charge on any atom is -0.497 e. The Bertz CT molecular complexity index is 905. The van der Waals surface area contributed by atoms with Gasteiger partial charge in [0.25, 0.3) is 0 Å². The van der Waals surface area contributed by atoms with Crippen molar-refractivity contribution in [3.05, 3.63) is 78.1 Å². The molecule has 1 atom stereocenters. The number of nitrogens with zero attached hydrogens (tertiary/aromatic N) is 3. The number of hydrogen-bond donors (Lipinski definition) is 0. The molecule has 5 nitrogen and oxygen atoms in total. The second-order valence-electron chi connectivity index (χ2n) is 6.76. The number of carbonyl (C=O) groups excluding carboxylic acids is 1. The number of para-hydroxylation sites is 1. The summed E-state index contributed by atoms with van der Waals surface area (Å²) in [6.07, 6.45) is 4.96. The van der Waals surface area contributed by atoms with Crippen LogP contribution in [-0.4, -0.2) is 34.2 Å². The largest absolute Gasteiger partial charge is 0.497 e. The third-order valence-corrected chi connectivity index (χ3v) is 4.99. The molecule has 0 aliphatic heterocycles. The van der Waals surface area contributed by atoms with Crippen LogP contribution < -0.4 is 4.74 Å². The first-order chi connectivity index (χ1) is 13.6. The Morgan fingerprint density at radius 2 is 1.96 bits per heavy atom. The fourth-order valence-corrected chi connectivity index (χ4v) is 3.35. The molecular weight excluding hydrogens is 350 g/mol. The molecule has 5 heteroatoms. The van der Waals surface area contributed by atoms with Crippen molar-refractivity contribution in [2.75, 3.05) is 13.7 Å². The Kier molecular flexibility index (Phi) is 6.48. The maximum atomic E-state index is 12.9. The summed E-state index contributed by atoms with van der Waals surface area (Å²) in [5.74, 6) is 0.950. The Hall–Kier alpha value is -3.08. The van der Waals surface area contributed by atoms with Crippen molar-refractivity contribution < 1.29 is 9.53 Å². The van der Waals surface area contributed by atoms with Crippen LogP contribution in [-0.2, 0) is 11.2 Å². The average molecular weight is 377 g/mol. The summed E-state index contributed by atoms with van der Waals surface area (Å²) in [7, 11) is 1.65. The normalized spacial score (nSPS) is 11.8. The van der Waals surface area contributed by atoms with E-state index in [4.69, 9.17) is 4.74 Å². The molecule has 0 N–H and O–H groups in total. The Labute approximate surface area is 166 Å². The van der Waals surface area contributed by atoms with Gasteiger partial charge in [0, 0.05) is 19.2 Å². The van der Waals surface area contributed by atoms with Crippen LogP contribution in [0.3, 0.4) is 0 Å². The zero-order chi connectivity index (χ0) is 19.9. The lowest BCUT2D eigenvalue weighted by molar-refractivity contribution is -0.133. The lowest BCUT2D eigenvalue weighted by atomic mass is 10.1. The molecule has 1 amide bonds. The lowest BCUT2D eigenvalue weighted by Crippen LogP contribution is -2.33. The highest BCUT2D eigenvalue weighted by molar-refractivity contribution is 5.77. The van der Waals surface area contributed by atoms with Gasteiger partial charge in [-0.3, -0.25) is 4.79 Å². The zero-order valence-corrected chi connectivity index (χ0v) is 16.7. The molecule has 2 aromatic carbocycles. The predicted octanol–water partition coefficient (Wildman–Crippen LogP) is 4.42. The number of hydrogen-bond acceptors (Lipinski definition) is 3. The van der Waals surface area contributed by atoms with Crippen molar-refractivity contribution in [3.8, 4) is 11.4 Å². The maximum absolute atomic E-state index is 12.9. The molecule has 146 valence electrons. The Balaban J connectivity index is 1.63. The van der Waals surface area contributed by atoms with Crippen molar-refractivity contribution in [3.63, 3.8) is 0 Å². The number of aromatic nitrogens is 2. The van der Waals surface area contributed by atoms with Crippen LogP contribution in [0.4, 0.5) is 0 Å². The molecule has 0 spiro atoms. The molecule has 3 aromatic rings. The molecule has 0 saturated carbocycles. The van der Waals surface area contributed by atoms with E-state index in [1.54, 1.807) is 7.11 Å². The minimum atomic E-state index is -0.000332. The predicted molar refractivity (Wildman–Crippen MR) is 111 cm³/mol. The van der Waals surface area contributed by atoms with E-state index in [0.717, 1.165) is 22.6 Å². The molecule has 0 saturated heterocycles. The molecule has 3 rings (SSSR count). The first-order valence-electron chi connectivity index (χ1n) is 9.64. The van der Waals surface area contributed by atoms with Crippen molar-refractivity contribution in [1.82, 2.24) is 14.7 Å². The van der Waals surface area contributed by atoms with E-state index in [1.165, 1.54) is 0 Å². The highest BCUT2D eigenvalue weighted by atomic mass is 16.5. The third-order valence-electron chi connectivity index (χ3n) is 4.99. The second kappa shape index (κ2) is 9.22. The minimum absolute atomic E-state index is 0.000332. The zero-order valence-electron chi connectivity index (χ0n) is 16.7. The number of ether oxygens (including phenoxy) is 1. The van der Waals surface area contributed by atoms with E-state index in [1.807, 2.05) is 83.5 Å². The van der Waals surface area contributed by atoms with Crippen molar-refractivity contribution in [2.45, 2.75) is 32.7 Å². The molecule has 1 unspecified atom stereocenters. The quantitative estimate of drug-likeness (QED) is 0.584. The van der Waals surface area contributed by atoms with Crippen LogP contribution in [0.1, 0.15) is 37.4 Å². The van der Waals surface area contributed by atoms with Crippen molar-refractivity contribution >= 4 is 5.91 Å². The van der Waals surface area contributed by atoms with Crippen LogP contribution in [0.5, 0.6) is 5.75 Å². The van der Waals surface area contributed by atoms with Gasteiger partial charge >= 0.3 is 0 Å². The maximum Gasteiger partial charge on any atom is 0.223 e. The van der Waals surface area contributed by atoms with Gasteiger partial charge in [-0.25, -0.2) is 4.68 Å². The topological polar surface area (TPSA) is 47.4 Å². The van der Waals surface area contributed by atoms with Gasteiger partial charge in [0.2, 0.25) is 5.91 Å². The van der Waals surface area contributed by atoms with Crippen LogP contribution >= 0.6 is 0 Å². The molecular formula is C23H27N3O2. The van der Waals surface area contributed by atoms with Gasteiger partial charge in [0.1, 0.15) is 5.75 Å². The lowest BCUT2D eigenvalue weighted by Gasteiger charge is -2.28. The summed E-state index contributed by atoms with van der Waals surface area (Å²) >= 11 is 0. The summed E-state index contributed by atoms with van der Waals surface area (Å²) in [5.41, 5.74) is 3.15. The first-order valence-corrected chi connectivity index (χ1v) is 9.64. The SMILES string of the molecule is CCN(C(=O)CCc1cnn(-c2ccccc2)c1)C(C)c1cccc(OC)c1. The van der Waals surface area contributed by atoms with Gasteiger partial charge in [0.15, 0.2) is 0 Å². The van der Waals surface area contributed by atoms with Crippen LogP contribution in [0.2, 0.25) is 0 Å². The van der Waals surface area contributed by atoms with Gasteiger partial charge < -0.3 is 9.64 Å².